The molecule has 0 N–H and O–H groups in total. The second-order valence-corrected chi connectivity index (χ2v) is 5.91. The van der Waals surface area contributed by atoms with E-state index < -0.39 is 0 Å². The van der Waals surface area contributed by atoms with Gasteiger partial charge in [0.15, 0.2) is 0 Å². The summed E-state index contributed by atoms with van der Waals surface area (Å²) in [7, 11) is 0. The van der Waals surface area contributed by atoms with Crippen molar-refractivity contribution in [1.29, 1.82) is 0 Å². The highest BCUT2D eigenvalue weighted by molar-refractivity contribution is 5.81. The van der Waals surface area contributed by atoms with Crippen LogP contribution in [-0.2, 0) is 9.59 Å². The molecule has 2 atom stereocenters. The van der Waals surface area contributed by atoms with Crippen LogP contribution in [0.5, 0.6) is 0 Å². The van der Waals surface area contributed by atoms with Gasteiger partial charge in [-0.25, -0.2) is 0 Å². The third-order valence-electron chi connectivity index (χ3n) is 4.51. The fourth-order valence-corrected chi connectivity index (χ4v) is 3.29. The molecule has 0 aromatic heterocycles. The average Bonchev–Trinajstić information content (AvgIpc) is 2.46. The molecular formula is C15H26N2O2. The smallest absolute Gasteiger partial charge is 0.227 e. The molecule has 2 aliphatic heterocycles. The van der Waals surface area contributed by atoms with Crippen molar-refractivity contribution >= 4 is 11.8 Å². The number of rotatable bonds is 2. The lowest BCUT2D eigenvalue weighted by atomic mass is 9.93. The first kappa shape index (κ1) is 14.4. The van der Waals surface area contributed by atoms with Crippen LogP contribution in [0.25, 0.3) is 0 Å². The van der Waals surface area contributed by atoms with E-state index in [1.165, 1.54) is 6.42 Å². The molecule has 19 heavy (non-hydrogen) atoms. The SMILES string of the molecule is CCC(=O)N1CCCC(C(=O)N2CCCCC2C)C1. The zero-order chi connectivity index (χ0) is 13.8. The normalized spacial score (nSPS) is 28.3. The summed E-state index contributed by atoms with van der Waals surface area (Å²) in [6, 6.07) is 0.374. The molecule has 0 bridgehead atoms. The van der Waals surface area contributed by atoms with Crippen molar-refractivity contribution in [2.24, 2.45) is 5.92 Å². The van der Waals surface area contributed by atoms with E-state index in [2.05, 4.69) is 6.92 Å². The summed E-state index contributed by atoms with van der Waals surface area (Å²) in [6.07, 6.45) is 5.92. The highest BCUT2D eigenvalue weighted by atomic mass is 16.2. The van der Waals surface area contributed by atoms with Gasteiger partial charge in [-0.2, -0.15) is 0 Å². The van der Waals surface area contributed by atoms with Gasteiger partial charge in [0, 0.05) is 32.1 Å². The lowest BCUT2D eigenvalue weighted by molar-refractivity contribution is -0.143. The Balaban J connectivity index is 1.96. The second kappa shape index (κ2) is 6.40. The van der Waals surface area contributed by atoms with E-state index in [1.54, 1.807) is 0 Å². The van der Waals surface area contributed by atoms with E-state index in [-0.39, 0.29) is 17.7 Å². The molecule has 0 radical (unpaired) electrons. The van der Waals surface area contributed by atoms with Crippen LogP contribution in [0.2, 0.25) is 0 Å². The van der Waals surface area contributed by atoms with Crippen LogP contribution in [0, 0.1) is 5.92 Å². The predicted octanol–water partition coefficient (Wildman–Crippen LogP) is 2.04. The highest BCUT2D eigenvalue weighted by Gasteiger charge is 2.33. The summed E-state index contributed by atoms with van der Waals surface area (Å²) in [5.74, 6) is 0.495. The predicted molar refractivity (Wildman–Crippen MR) is 74.6 cm³/mol. The minimum Gasteiger partial charge on any atom is -0.342 e. The minimum absolute atomic E-state index is 0.0322. The number of carbonyl (C=O) groups is 2. The molecular weight excluding hydrogens is 240 g/mol. The summed E-state index contributed by atoms with van der Waals surface area (Å²) in [4.78, 5) is 28.3. The molecule has 0 saturated carbocycles. The van der Waals surface area contributed by atoms with Gasteiger partial charge in [-0.05, 0) is 39.0 Å². The van der Waals surface area contributed by atoms with Crippen LogP contribution in [0.15, 0.2) is 0 Å². The van der Waals surface area contributed by atoms with Gasteiger partial charge in [-0.15, -0.1) is 0 Å². The molecule has 2 heterocycles. The van der Waals surface area contributed by atoms with E-state index in [4.69, 9.17) is 0 Å². The Morgan fingerprint density at radius 2 is 1.89 bits per heavy atom. The maximum atomic E-state index is 12.6. The summed E-state index contributed by atoms with van der Waals surface area (Å²) >= 11 is 0. The molecule has 2 amide bonds. The number of carbonyl (C=O) groups excluding carboxylic acids is 2. The van der Waals surface area contributed by atoms with Gasteiger partial charge in [-0.3, -0.25) is 9.59 Å². The topological polar surface area (TPSA) is 40.6 Å². The van der Waals surface area contributed by atoms with Gasteiger partial charge < -0.3 is 9.80 Å². The zero-order valence-corrected chi connectivity index (χ0v) is 12.2. The monoisotopic (exact) mass is 266 g/mol. The number of hydrogen-bond donors (Lipinski definition) is 0. The summed E-state index contributed by atoms with van der Waals surface area (Å²) in [5.41, 5.74) is 0. The van der Waals surface area contributed by atoms with Gasteiger partial charge in [0.25, 0.3) is 0 Å². The average molecular weight is 266 g/mol. The van der Waals surface area contributed by atoms with Crippen molar-refractivity contribution in [2.45, 2.75) is 58.4 Å². The lowest BCUT2D eigenvalue weighted by Crippen LogP contribution is -2.50. The van der Waals surface area contributed by atoms with Gasteiger partial charge in [0.05, 0.1) is 5.92 Å². The quantitative estimate of drug-likeness (QED) is 0.767. The molecule has 2 saturated heterocycles. The molecule has 4 nitrogen and oxygen atoms in total. The van der Waals surface area contributed by atoms with Crippen molar-refractivity contribution in [3.63, 3.8) is 0 Å². The Morgan fingerprint density at radius 1 is 1.11 bits per heavy atom. The van der Waals surface area contributed by atoms with Gasteiger partial charge in [0.1, 0.15) is 0 Å². The number of hydrogen-bond acceptors (Lipinski definition) is 2. The van der Waals surface area contributed by atoms with Crippen molar-refractivity contribution in [3.05, 3.63) is 0 Å². The first-order chi connectivity index (χ1) is 9.13. The third kappa shape index (κ3) is 3.28. The molecule has 108 valence electrons. The molecule has 2 unspecified atom stereocenters. The molecule has 2 fully saturated rings. The highest BCUT2D eigenvalue weighted by Crippen LogP contribution is 2.24. The maximum Gasteiger partial charge on any atom is 0.227 e. The third-order valence-corrected chi connectivity index (χ3v) is 4.51. The van der Waals surface area contributed by atoms with E-state index in [1.807, 2.05) is 16.7 Å². The Kier molecular flexibility index (Phi) is 4.83. The largest absolute Gasteiger partial charge is 0.342 e. The molecule has 4 heteroatoms. The Hall–Kier alpha value is -1.06. The molecule has 0 aromatic rings. The van der Waals surface area contributed by atoms with Crippen LogP contribution < -0.4 is 0 Å². The summed E-state index contributed by atoms with van der Waals surface area (Å²) in [6.45, 7) is 6.40. The number of piperidine rings is 2. The molecule has 2 aliphatic rings. The minimum atomic E-state index is 0.0322. The fourth-order valence-electron chi connectivity index (χ4n) is 3.29. The van der Waals surface area contributed by atoms with Crippen molar-refractivity contribution < 1.29 is 9.59 Å². The number of amides is 2. The van der Waals surface area contributed by atoms with Crippen LogP contribution in [0.4, 0.5) is 0 Å². The molecule has 2 rings (SSSR count). The van der Waals surface area contributed by atoms with Crippen molar-refractivity contribution in [3.8, 4) is 0 Å². The van der Waals surface area contributed by atoms with Gasteiger partial charge >= 0.3 is 0 Å². The molecule has 0 aromatic carbocycles. The summed E-state index contributed by atoms with van der Waals surface area (Å²) < 4.78 is 0. The zero-order valence-electron chi connectivity index (χ0n) is 12.2. The Labute approximate surface area is 116 Å². The van der Waals surface area contributed by atoms with Crippen LogP contribution in [-0.4, -0.2) is 47.3 Å². The van der Waals surface area contributed by atoms with Crippen LogP contribution >= 0.6 is 0 Å². The Bertz CT molecular complexity index is 343. The van der Waals surface area contributed by atoms with Gasteiger partial charge in [0.2, 0.25) is 11.8 Å². The standard InChI is InChI=1S/C15H26N2O2/c1-3-14(18)16-9-6-8-13(11-16)15(19)17-10-5-4-7-12(17)2/h12-13H,3-11H2,1-2H3. The first-order valence-corrected chi connectivity index (χ1v) is 7.71. The summed E-state index contributed by atoms with van der Waals surface area (Å²) in [5, 5.41) is 0. The van der Waals surface area contributed by atoms with Crippen LogP contribution in [0.1, 0.15) is 52.4 Å². The first-order valence-electron chi connectivity index (χ1n) is 7.71. The lowest BCUT2D eigenvalue weighted by Gasteiger charge is -2.39. The number of likely N-dealkylation sites (tertiary alicyclic amines) is 2. The molecule has 0 spiro atoms. The fraction of sp³-hybridized carbons (Fsp3) is 0.867. The van der Waals surface area contributed by atoms with E-state index in [0.717, 1.165) is 38.8 Å². The van der Waals surface area contributed by atoms with E-state index >= 15 is 0 Å². The van der Waals surface area contributed by atoms with E-state index in [9.17, 15) is 9.59 Å². The van der Waals surface area contributed by atoms with Gasteiger partial charge in [-0.1, -0.05) is 6.92 Å². The van der Waals surface area contributed by atoms with Crippen molar-refractivity contribution in [1.82, 2.24) is 9.80 Å². The van der Waals surface area contributed by atoms with E-state index in [0.29, 0.717) is 19.0 Å². The molecule has 0 aliphatic carbocycles. The van der Waals surface area contributed by atoms with Crippen molar-refractivity contribution in [2.75, 3.05) is 19.6 Å². The second-order valence-electron chi connectivity index (χ2n) is 5.91. The Morgan fingerprint density at radius 3 is 2.58 bits per heavy atom. The number of nitrogens with zero attached hydrogens (tertiary/aromatic N) is 2. The maximum absolute atomic E-state index is 12.6. The van der Waals surface area contributed by atoms with Crippen LogP contribution in [0.3, 0.4) is 0 Å².